The maximum Gasteiger partial charge on any atom is 0.235 e. The molecule has 0 aliphatic heterocycles. The maximum atomic E-state index is 11.8. The minimum absolute atomic E-state index is 0.415. The van der Waals surface area contributed by atoms with Crippen molar-refractivity contribution in [1.29, 1.82) is 0 Å². The van der Waals surface area contributed by atoms with Crippen molar-refractivity contribution in [1.82, 2.24) is 0 Å². The lowest BCUT2D eigenvalue weighted by molar-refractivity contribution is 0.0816. The van der Waals surface area contributed by atoms with Crippen molar-refractivity contribution in [2.75, 3.05) is 0 Å². The zero-order chi connectivity index (χ0) is 11.4. The molecule has 0 N–H and O–H groups in total. The molecule has 0 fully saturated rings. The van der Waals surface area contributed by atoms with E-state index in [-0.39, 0.29) is 0 Å². The van der Waals surface area contributed by atoms with Crippen molar-refractivity contribution in [3.8, 4) is 9.75 Å². The van der Waals surface area contributed by atoms with Crippen molar-refractivity contribution < 1.29 is 9.59 Å². The third-order valence-corrected chi connectivity index (χ3v) is 4.94. The monoisotopic (exact) mass is 268 g/mol. The number of aryl methyl sites for hydroxylation is 1. The van der Waals surface area contributed by atoms with Gasteiger partial charge in [-0.3, -0.25) is 9.59 Å². The summed E-state index contributed by atoms with van der Waals surface area (Å²) >= 11 is 8.78. The van der Waals surface area contributed by atoms with Crippen LogP contribution in [0.1, 0.15) is 25.6 Å². The molecule has 0 radical (unpaired) electrons. The Kier molecular flexibility index (Phi) is 2.08. The fourth-order valence-electron chi connectivity index (χ4n) is 1.79. The Balaban J connectivity index is 2.40. The zero-order valence-corrected chi connectivity index (χ0v) is 10.6. The second kappa shape index (κ2) is 3.26. The number of fused-ring (bicyclic) bond motifs is 3. The number of hydrogen-bond acceptors (Lipinski definition) is 4. The van der Waals surface area contributed by atoms with Crippen LogP contribution in [0.25, 0.3) is 9.75 Å². The van der Waals surface area contributed by atoms with Gasteiger partial charge in [-0.05, 0) is 19.1 Å². The van der Waals surface area contributed by atoms with Gasteiger partial charge < -0.3 is 0 Å². The first kappa shape index (κ1) is 10.2. The highest BCUT2D eigenvalue weighted by Crippen LogP contribution is 2.44. The minimum atomic E-state index is -0.441. The molecule has 5 heteroatoms. The molecule has 2 heterocycles. The summed E-state index contributed by atoms with van der Waals surface area (Å²) in [7, 11) is 0. The van der Waals surface area contributed by atoms with E-state index in [0.29, 0.717) is 15.5 Å². The van der Waals surface area contributed by atoms with Gasteiger partial charge >= 0.3 is 0 Å². The molecule has 16 heavy (non-hydrogen) atoms. The number of ketones is 2. The first-order valence-electron chi connectivity index (χ1n) is 4.57. The lowest BCUT2D eigenvalue weighted by Crippen LogP contribution is -2.18. The molecule has 0 saturated heterocycles. The van der Waals surface area contributed by atoms with E-state index in [2.05, 4.69) is 0 Å². The van der Waals surface area contributed by atoms with Crippen molar-refractivity contribution >= 4 is 45.8 Å². The van der Waals surface area contributed by atoms with Crippen LogP contribution in [0.3, 0.4) is 0 Å². The second-order valence-corrected chi connectivity index (χ2v) is 6.49. The normalized spacial score (nSPS) is 13.9. The Morgan fingerprint density at radius 3 is 2.25 bits per heavy atom. The summed E-state index contributed by atoms with van der Waals surface area (Å²) in [6.45, 7) is 1.93. The number of carbonyl (C=O) groups excluding carboxylic acids is 2. The van der Waals surface area contributed by atoms with E-state index < -0.39 is 11.6 Å². The van der Waals surface area contributed by atoms with Gasteiger partial charge in [-0.15, -0.1) is 22.7 Å². The fourth-order valence-corrected chi connectivity index (χ4v) is 4.18. The zero-order valence-electron chi connectivity index (χ0n) is 8.17. The highest BCUT2D eigenvalue weighted by atomic mass is 35.5. The van der Waals surface area contributed by atoms with Crippen LogP contribution in [0.15, 0.2) is 12.1 Å². The van der Waals surface area contributed by atoms with Crippen molar-refractivity contribution in [3.05, 3.63) is 32.5 Å². The highest BCUT2D eigenvalue weighted by molar-refractivity contribution is 7.25. The number of halogens is 1. The predicted octanol–water partition coefficient (Wildman–Crippen LogP) is 3.82. The van der Waals surface area contributed by atoms with Crippen molar-refractivity contribution in [2.45, 2.75) is 6.92 Å². The lowest BCUT2D eigenvalue weighted by Gasteiger charge is -2.08. The molecular formula is C11H5ClO2S2. The van der Waals surface area contributed by atoms with Crippen LogP contribution >= 0.6 is 34.3 Å². The number of Topliss-reactive ketones (excluding diaryl/α,β-unsaturated/α-hetero) is 2. The van der Waals surface area contributed by atoms with Gasteiger partial charge in [-0.1, -0.05) is 11.6 Å². The number of hydrogen-bond donors (Lipinski definition) is 0. The molecule has 0 aromatic carbocycles. The minimum Gasteiger partial charge on any atom is -0.285 e. The lowest BCUT2D eigenvalue weighted by atomic mass is 9.95. The van der Waals surface area contributed by atoms with Crippen LogP contribution in [0.5, 0.6) is 0 Å². The van der Waals surface area contributed by atoms with Crippen molar-refractivity contribution in [3.63, 3.8) is 0 Å². The van der Waals surface area contributed by atoms with Gasteiger partial charge in [0.2, 0.25) is 11.6 Å². The van der Waals surface area contributed by atoms with E-state index in [1.54, 1.807) is 12.1 Å². The first-order valence-corrected chi connectivity index (χ1v) is 6.58. The standard InChI is InChI=1S/C11H5ClO2S2/c1-4-2-5-8(13)9(14)6-3-7(12)16-11(6)10(5)15-4/h2-3H,1H3. The number of thiophene rings is 2. The van der Waals surface area contributed by atoms with Crippen LogP contribution in [-0.4, -0.2) is 11.6 Å². The van der Waals surface area contributed by atoms with E-state index in [1.807, 2.05) is 6.92 Å². The summed E-state index contributed by atoms with van der Waals surface area (Å²) in [5.41, 5.74) is 0.980. The molecule has 1 aliphatic carbocycles. The van der Waals surface area contributed by atoms with Gasteiger partial charge in [0, 0.05) is 16.0 Å². The predicted molar refractivity (Wildman–Crippen MR) is 66.0 cm³/mol. The Labute approximate surface area is 104 Å². The molecule has 0 bridgehead atoms. The Bertz CT molecular complexity index is 580. The Morgan fingerprint density at radius 1 is 1.00 bits per heavy atom. The molecule has 1 aliphatic rings. The van der Waals surface area contributed by atoms with E-state index in [4.69, 9.17) is 11.6 Å². The Morgan fingerprint density at radius 2 is 1.56 bits per heavy atom. The van der Waals surface area contributed by atoms with E-state index in [9.17, 15) is 9.59 Å². The van der Waals surface area contributed by atoms with Crippen LogP contribution in [0, 0.1) is 6.92 Å². The van der Waals surface area contributed by atoms with Gasteiger partial charge in [-0.25, -0.2) is 0 Å². The molecule has 3 rings (SSSR count). The Hall–Kier alpha value is -0.970. The molecule has 0 unspecified atom stereocenters. The number of carbonyl (C=O) groups is 2. The van der Waals surface area contributed by atoms with E-state index in [0.717, 1.165) is 14.6 Å². The van der Waals surface area contributed by atoms with Gasteiger partial charge in [0.25, 0.3) is 0 Å². The largest absolute Gasteiger partial charge is 0.285 e. The number of rotatable bonds is 0. The summed E-state index contributed by atoms with van der Waals surface area (Å²) in [5, 5.41) is 0. The average Bonchev–Trinajstić information content (AvgIpc) is 2.78. The van der Waals surface area contributed by atoms with Crippen LogP contribution < -0.4 is 0 Å². The fraction of sp³-hybridized carbons (Fsp3) is 0.0909. The average molecular weight is 269 g/mol. The molecule has 0 saturated carbocycles. The summed E-state index contributed by atoms with van der Waals surface area (Å²) in [4.78, 5) is 26.4. The van der Waals surface area contributed by atoms with E-state index in [1.165, 1.54) is 22.7 Å². The maximum absolute atomic E-state index is 11.8. The molecular weight excluding hydrogens is 264 g/mol. The summed E-state index contributed by atoms with van der Waals surface area (Å²) in [6, 6.07) is 3.36. The molecule has 2 aromatic rings. The third kappa shape index (κ3) is 1.24. The molecule has 0 atom stereocenters. The second-order valence-electron chi connectivity index (χ2n) is 3.55. The third-order valence-electron chi connectivity index (χ3n) is 2.46. The van der Waals surface area contributed by atoms with E-state index >= 15 is 0 Å². The first-order chi connectivity index (χ1) is 7.58. The van der Waals surface area contributed by atoms with Gasteiger partial charge in [0.05, 0.1) is 14.1 Å². The quantitative estimate of drug-likeness (QED) is 0.681. The van der Waals surface area contributed by atoms with Crippen LogP contribution in [-0.2, 0) is 0 Å². The van der Waals surface area contributed by atoms with Gasteiger partial charge in [0.15, 0.2) is 0 Å². The van der Waals surface area contributed by atoms with Crippen molar-refractivity contribution in [2.24, 2.45) is 0 Å². The van der Waals surface area contributed by atoms with Gasteiger partial charge in [-0.2, -0.15) is 0 Å². The van der Waals surface area contributed by atoms with Crippen LogP contribution in [0.4, 0.5) is 0 Å². The molecule has 2 nitrogen and oxygen atoms in total. The smallest absolute Gasteiger partial charge is 0.235 e. The highest BCUT2D eigenvalue weighted by Gasteiger charge is 2.33. The van der Waals surface area contributed by atoms with Crippen LogP contribution in [0.2, 0.25) is 4.34 Å². The van der Waals surface area contributed by atoms with Gasteiger partial charge in [0.1, 0.15) is 0 Å². The summed E-state index contributed by atoms with van der Waals surface area (Å²) in [5.74, 6) is -0.857. The molecule has 80 valence electrons. The molecule has 0 amide bonds. The summed E-state index contributed by atoms with van der Waals surface area (Å²) < 4.78 is 0.546. The SMILES string of the molecule is Cc1cc2c(s1)-c1sc(Cl)cc1C(=O)C2=O. The summed E-state index contributed by atoms with van der Waals surface area (Å²) in [6.07, 6.45) is 0. The molecule has 2 aromatic heterocycles. The molecule has 0 spiro atoms. The topological polar surface area (TPSA) is 34.1 Å².